The second-order valence-corrected chi connectivity index (χ2v) is 3.87. The number of hydrogen-bond donors (Lipinski definition) is 1. The molecule has 1 amide bonds. The van der Waals surface area contributed by atoms with E-state index in [0.717, 1.165) is 0 Å². The van der Waals surface area contributed by atoms with Crippen molar-refractivity contribution in [3.63, 3.8) is 0 Å². The van der Waals surface area contributed by atoms with Gasteiger partial charge in [0, 0.05) is 37.1 Å². The van der Waals surface area contributed by atoms with Crippen molar-refractivity contribution in [2.75, 3.05) is 24.8 Å². The molecule has 0 spiro atoms. The number of aromatic nitrogens is 1. The minimum Gasteiger partial charge on any atom is -0.336 e. The van der Waals surface area contributed by atoms with Crippen molar-refractivity contribution >= 4 is 29.1 Å². The fourth-order valence-electron chi connectivity index (χ4n) is 1.25. The minimum atomic E-state index is -0.238. The SMILES string of the molecule is O=C(c1ccc(=O)[nH]c1)N(CCCl)CCCl. The number of carbonyl (C=O) groups is 1. The van der Waals surface area contributed by atoms with Crippen LogP contribution in [-0.4, -0.2) is 40.6 Å². The molecule has 0 aliphatic carbocycles. The van der Waals surface area contributed by atoms with E-state index in [9.17, 15) is 9.59 Å². The standard InChI is InChI=1S/C10H12Cl2N2O2/c11-3-5-14(6-4-12)10(16)8-1-2-9(15)13-7-8/h1-2,7H,3-6H2,(H,13,15). The molecule has 1 aromatic rings. The summed E-state index contributed by atoms with van der Waals surface area (Å²) in [5.41, 5.74) is 0.188. The summed E-state index contributed by atoms with van der Waals surface area (Å²) in [7, 11) is 0. The zero-order valence-corrected chi connectivity index (χ0v) is 10.1. The van der Waals surface area contributed by atoms with Crippen molar-refractivity contribution in [2.45, 2.75) is 0 Å². The second-order valence-electron chi connectivity index (χ2n) is 3.11. The van der Waals surface area contributed by atoms with Crippen molar-refractivity contribution in [1.29, 1.82) is 0 Å². The average molecular weight is 263 g/mol. The first kappa shape index (κ1) is 13.1. The highest BCUT2D eigenvalue weighted by molar-refractivity contribution is 6.18. The van der Waals surface area contributed by atoms with Gasteiger partial charge < -0.3 is 9.88 Å². The van der Waals surface area contributed by atoms with Crippen molar-refractivity contribution in [3.8, 4) is 0 Å². The maximum atomic E-state index is 11.9. The van der Waals surface area contributed by atoms with Gasteiger partial charge in [-0.25, -0.2) is 0 Å². The normalized spacial score (nSPS) is 10.1. The molecule has 0 aromatic carbocycles. The Labute approximate surface area is 103 Å². The average Bonchev–Trinajstić information content (AvgIpc) is 2.29. The van der Waals surface area contributed by atoms with Crippen LogP contribution in [-0.2, 0) is 0 Å². The predicted molar refractivity (Wildman–Crippen MR) is 64.4 cm³/mol. The quantitative estimate of drug-likeness (QED) is 0.814. The summed E-state index contributed by atoms with van der Waals surface area (Å²) in [6, 6.07) is 2.80. The number of rotatable bonds is 5. The van der Waals surface area contributed by atoms with Crippen LogP contribution in [0.1, 0.15) is 10.4 Å². The number of nitrogens with zero attached hydrogens (tertiary/aromatic N) is 1. The smallest absolute Gasteiger partial charge is 0.255 e. The molecule has 0 saturated heterocycles. The van der Waals surface area contributed by atoms with Crippen LogP contribution in [0.25, 0.3) is 0 Å². The number of hydrogen-bond acceptors (Lipinski definition) is 2. The number of amides is 1. The summed E-state index contributed by atoms with van der Waals surface area (Å²) in [6.45, 7) is 0.873. The Morgan fingerprint density at radius 2 is 1.88 bits per heavy atom. The lowest BCUT2D eigenvalue weighted by atomic mass is 10.2. The first-order chi connectivity index (χ1) is 7.69. The molecule has 0 fully saturated rings. The number of alkyl halides is 2. The molecule has 0 aliphatic rings. The lowest BCUT2D eigenvalue weighted by Gasteiger charge is -2.20. The van der Waals surface area contributed by atoms with Gasteiger partial charge in [-0.2, -0.15) is 0 Å². The van der Waals surface area contributed by atoms with Gasteiger partial charge in [0.1, 0.15) is 0 Å². The van der Waals surface area contributed by atoms with Gasteiger partial charge in [-0.3, -0.25) is 9.59 Å². The Morgan fingerprint density at radius 3 is 2.31 bits per heavy atom. The Hall–Kier alpha value is -1.000. The van der Waals surface area contributed by atoms with Gasteiger partial charge in [0.15, 0.2) is 0 Å². The van der Waals surface area contributed by atoms with Gasteiger partial charge in [0.2, 0.25) is 5.56 Å². The molecule has 0 radical (unpaired) electrons. The molecule has 0 bridgehead atoms. The first-order valence-corrected chi connectivity index (χ1v) is 5.86. The molecule has 1 N–H and O–H groups in total. The number of aromatic amines is 1. The Kier molecular flexibility index (Phi) is 5.35. The molecular formula is C10H12Cl2N2O2. The fraction of sp³-hybridized carbons (Fsp3) is 0.400. The van der Waals surface area contributed by atoms with E-state index in [0.29, 0.717) is 30.4 Å². The van der Waals surface area contributed by atoms with E-state index < -0.39 is 0 Å². The topological polar surface area (TPSA) is 53.2 Å². The summed E-state index contributed by atoms with van der Waals surface area (Å²) in [6.07, 6.45) is 1.39. The van der Waals surface area contributed by atoms with Gasteiger partial charge in [-0.15, -0.1) is 23.2 Å². The van der Waals surface area contributed by atoms with Crippen LogP contribution >= 0.6 is 23.2 Å². The summed E-state index contributed by atoms with van der Waals surface area (Å²) in [5, 5.41) is 0. The highest BCUT2D eigenvalue weighted by Gasteiger charge is 2.14. The largest absolute Gasteiger partial charge is 0.336 e. The molecular weight excluding hydrogens is 251 g/mol. The van der Waals surface area contributed by atoms with Crippen molar-refractivity contribution in [2.24, 2.45) is 0 Å². The monoisotopic (exact) mass is 262 g/mol. The number of pyridine rings is 1. The third kappa shape index (κ3) is 3.54. The fourth-order valence-corrected chi connectivity index (χ4v) is 1.65. The Bertz CT molecular complexity index is 380. The van der Waals surface area contributed by atoms with Gasteiger partial charge in [-0.05, 0) is 6.07 Å². The number of nitrogens with one attached hydrogen (secondary N) is 1. The molecule has 0 atom stereocenters. The highest BCUT2D eigenvalue weighted by Crippen LogP contribution is 2.02. The van der Waals surface area contributed by atoms with Gasteiger partial charge in [0.25, 0.3) is 5.91 Å². The molecule has 4 nitrogen and oxygen atoms in total. The summed E-state index contributed by atoms with van der Waals surface area (Å²) >= 11 is 11.2. The summed E-state index contributed by atoms with van der Waals surface area (Å²) in [4.78, 5) is 26.8. The van der Waals surface area contributed by atoms with Crippen molar-refractivity contribution < 1.29 is 4.79 Å². The maximum Gasteiger partial charge on any atom is 0.255 e. The van der Waals surface area contributed by atoms with E-state index >= 15 is 0 Å². The lowest BCUT2D eigenvalue weighted by Crippen LogP contribution is -2.34. The molecule has 88 valence electrons. The van der Waals surface area contributed by atoms with Gasteiger partial charge in [0.05, 0.1) is 5.56 Å². The van der Waals surface area contributed by atoms with Gasteiger partial charge in [-0.1, -0.05) is 0 Å². The zero-order valence-electron chi connectivity index (χ0n) is 8.58. The van der Waals surface area contributed by atoms with Crippen molar-refractivity contribution in [3.05, 3.63) is 34.2 Å². The van der Waals surface area contributed by atoms with Crippen LogP contribution in [0.15, 0.2) is 23.1 Å². The van der Waals surface area contributed by atoms with Crippen LogP contribution in [0.4, 0.5) is 0 Å². The highest BCUT2D eigenvalue weighted by atomic mass is 35.5. The maximum absolute atomic E-state index is 11.9. The zero-order chi connectivity index (χ0) is 12.0. The molecule has 0 aliphatic heterocycles. The van der Waals surface area contributed by atoms with E-state index in [-0.39, 0.29) is 11.5 Å². The van der Waals surface area contributed by atoms with E-state index in [4.69, 9.17) is 23.2 Å². The van der Waals surface area contributed by atoms with Crippen LogP contribution in [0.3, 0.4) is 0 Å². The van der Waals surface area contributed by atoms with Crippen molar-refractivity contribution in [1.82, 2.24) is 9.88 Å². The van der Waals surface area contributed by atoms with Crippen LogP contribution in [0.5, 0.6) is 0 Å². The minimum absolute atomic E-state index is 0.183. The van der Waals surface area contributed by atoms with E-state index in [1.54, 1.807) is 4.90 Å². The first-order valence-electron chi connectivity index (χ1n) is 4.79. The second kappa shape index (κ2) is 6.55. The van der Waals surface area contributed by atoms with E-state index in [1.807, 2.05) is 0 Å². The predicted octanol–water partition coefficient (Wildman–Crippen LogP) is 1.29. The molecule has 6 heteroatoms. The molecule has 16 heavy (non-hydrogen) atoms. The summed E-state index contributed by atoms with van der Waals surface area (Å²) < 4.78 is 0. The van der Waals surface area contributed by atoms with Crippen LogP contribution < -0.4 is 5.56 Å². The lowest BCUT2D eigenvalue weighted by molar-refractivity contribution is 0.0774. The Morgan fingerprint density at radius 1 is 1.25 bits per heavy atom. The van der Waals surface area contributed by atoms with E-state index in [2.05, 4.69) is 4.98 Å². The number of carbonyl (C=O) groups excluding carboxylic acids is 1. The number of halogens is 2. The van der Waals surface area contributed by atoms with Gasteiger partial charge >= 0.3 is 0 Å². The number of H-pyrrole nitrogens is 1. The van der Waals surface area contributed by atoms with Crippen LogP contribution in [0, 0.1) is 0 Å². The van der Waals surface area contributed by atoms with Crippen LogP contribution in [0.2, 0.25) is 0 Å². The Balaban J connectivity index is 2.81. The third-order valence-electron chi connectivity index (χ3n) is 2.03. The molecule has 1 aromatic heterocycles. The molecule has 1 heterocycles. The molecule has 1 rings (SSSR count). The van der Waals surface area contributed by atoms with E-state index in [1.165, 1.54) is 18.3 Å². The molecule has 0 unspecified atom stereocenters. The third-order valence-corrected chi connectivity index (χ3v) is 2.37. The molecule has 0 saturated carbocycles. The summed E-state index contributed by atoms with van der Waals surface area (Å²) in [5.74, 6) is 0.523.